The van der Waals surface area contributed by atoms with E-state index >= 15 is 0 Å². The Morgan fingerprint density at radius 2 is 1.19 bits per heavy atom. The van der Waals surface area contributed by atoms with Gasteiger partial charge in [-0.15, -0.1) is 0 Å². The lowest BCUT2D eigenvalue weighted by atomic mass is 10.0. The van der Waals surface area contributed by atoms with Crippen molar-refractivity contribution in [1.29, 1.82) is 0 Å². The van der Waals surface area contributed by atoms with Crippen molar-refractivity contribution < 1.29 is 0 Å². The predicted molar refractivity (Wildman–Crippen MR) is 133 cm³/mol. The highest BCUT2D eigenvalue weighted by molar-refractivity contribution is 5.93. The van der Waals surface area contributed by atoms with Crippen molar-refractivity contribution >= 4 is 45.9 Å². The van der Waals surface area contributed by atoms with Crippen molar-refractivity contribution in [3.05, 3.63) is 107 Å². The smallest absolute Gasteiger partial charge is 0.0736 e. The Bertz CT molecular complexity index is 1550. The number of aromatic nitrogens is 4. The van der Waals surface area contributed by atoms with E-state index < -0.39 is 0 Å². The molecule has 0 spiro atoms. The van der Waals surface area contributed by atoms with Gasteiger partial charge in [-0.1, -0.05) is 31.2 Å². The van der Waals surface area contributed by atoms with Crippen LogP contribution in [0, 0.1) is 0 Å². The number of H-pyrrole nitrogens is 2. The number of benzene rings is 1. The van der Waals surface area contributed by atoms with Gasteiger partial charge in [0.1, 0.15) is 0 Å². The van der Waals surface area contributed by atoms with Crippen molar-refractivity contribution in [1.82, 2.24) is 19.9 Å². The first-order valence-corrected chi connectivity index (χ1v) is 10.9. The van der Waals surface area contributed by atoms with Crippen LogP contribution >= 0.6 is 0 Å². The van der Waals surface area contributed by atoms with Crippen LogP contribution in [0.5, 0.6) is 0 Å². The van der Waals surface area contributed by atoms with Gasteiger partial charge in [-0.25, -0.2) is 9.97 Å². The van der Waals surface area contributed by atoms with Crippen LogP contribution in [0.15, 0.2) is 72.8 Å². The minimum absolute atomic E-state index is 0.929. The Balaban J connectivity index is 1.60. The van der Waals surface area contributed by atoms with Crippen molar-refractivity contribution in [3.63, 3.8) is 0 Å². The second kappa shape index (κ2) is 7.50. The number of nitrogens with zero attached hydrogens (tertiary/aromatic N) is 2. The molecule has 1 aromatic carbocycles. The molecule has 0 atom stereocenters. The molecule has 0 amide bonds. The first kappa shape index (κ1) is 18.6. The van der Waals surface area contributed by atoms with Gasteiger partial charge in [0.25, 0.3) is 0 Å². The number of fused-ring (bicyclic) bond motifs is 8. The minimum atomic E-state index is 0.929. The summed E-state index contributed by atoms with van der Waals surface area (Å²) in [5.74, 6) is 0. The van der Waals surface area contributed by atoms with Gasteiger partial charge in [0.05, 0.1) is 22.8 Å². The second-order valence-electron chi connectivity index (χ2n) is 8.14. The summed E-state index contributed by atoms with van der Waals surface area (Å²) in [6.45, 7) is 2.18. The van der Waals surface area contributed by atoms with Gasteiger partial charge in [0.15, 0.2) is 0 Å². The highest BCUT2D eigenvalue weighted by Crippen LogP contribution is 2.29. The zero-order valence-corrected chi connectivity index (χ0v) is 17.8. The number of nitrogens with one attached hydrogen (secondary N) is 2. The highest BCUT2D eigenvalue weighted by Gasteiger charge is 2.13. The third-order valence-corrected chi connectivity index (χ3v) is 5.84. The molecule has 154 valence electrons. The maximum absolute atomic E-state index is 4.95. The van der Waals surface area contributed by atoms with Crippen molar-refractivity contribution in [3.8, 4) is 0 Å². The van der Waals surface area contributed by atoms with E-state index in [-0.39, 0.29) is 0 Å². The van der Waals surface area contributed by atoms with E-state index in [0.717, 1.165) is 56.8 Å². The molecule has 5 heterocycles. The third kappa shape index (κ3) is 3.56. The second-order valence-corrected chi connectivity index (χ2v) is 8.14. The van der Waals surface area contributed by atoms with E-state index in [0.29, 0.717) is 0 Å². The summed E-state index contributed by atoms with van der Waals surface area (Å²) < 4.78 is 0. The molecular formula is C28H22N4. The molecular weight excluding hydrogens is 392 g/mol. The molecule has 4 heteroatoms. The Hall–Kier alpha value is -4.18. The Morgan fingerprint density at radius 1 is 0.625 bits per heavy atom. The minimum Gasteiger partial charge on any atom is -0.355 e. The van der Waals surface area contributed by atoms with Crippen LogP contribution in [0.25, 0.3) is 45.9 Å². The number of aryl methyl sites for hydroxylation is 1. The molecule has 32 heavy (non-hydrogen) atoms. The van der Waals surface area contributed by atoms with Crippen LogP contribution in [0.2, 0.25) is 0 Å². The van der Waals surface area contributed by atoms with Crippen LogP contribution in [0.3, 0.4) is 0 Å². The zero-order chi connectivity index (χ0) is 21.5. The van der Waals surface area contributed by atoms with Crippen molar-refractivity contribution in [2.75, 3.05) is 0 Å². The normalized spacial score (nSPS) is 12.7. The van der Waals surface area contributed by atoms with Crippen LogP contribution in [-0.2, 0) is 6.42 Å². The molecule has 0 fully saturated rings. The largest absolute Gasteiger partial charge is 0.355 e. The molecule has 8 bridgehead atoms. The summed E-state index contributed by atoms with van der Waals surface area (Å²) >= 11 is 0. The Kier molecular flexibility index (Phi) is 4.36. The van der Waals surface area contributed by atoms with E-state index in [4.69, 9.17) is 9.97 Å². The third-order valence-electron chi connectivity index (χ3n) is 5.84. The highest BCUT2D eigenvalue weighted by atomic mass is 14.8. The Labute approximate surface area is 186 Å². The van der Waals surface area contributed by atoms with Crippen LogP contribution in [0.1, 0.15) is 40.8 Å². The average molecular weight is 415 g/mol. The van der Waals surface area contributed by atoms with Crippen LogP contribution in [0.4, 0.5) is 0 Å². The van der Waals surface area contributed by atoms with Gasteiger partial charge in [-0.3, -0.25) is 0 Å². The molecule has 0 saturated carbocycles. The molecule has 0 radical (unpaired) electrons. The molecule has 4 nitrogen and oxygen atoms in total. The van der Waals surface area contributed by atoms with E-state index in [1.54, 1.807) is 0 Å². The molecule has 0 aliphatic carbocycles. The lowest BCUT2D eigenvalue weighted by Gasteiger charge is -2.03. The summed E-state index contributed by atoms with van der Waals surface area (Å²) in [7, 11) is 0. The monoisotopic (exact) mass is 414 g/mol. The molecule has 6 rings (SSSR count). The fourth-order valence-corrected chi connectivity index (χ4v) is 4.16. The lowest BCUT2D eigenvalue weighted by Crippen LogP contribution is -1.87. The molecule has 0 unspecified atom stereocenters. The van der Waals surface area contributed by atoms with Crippen LogP contribution < -0.4 is 0 Å². The molecule has 0 saturated heterocycles. The maximum atomic E-state index is 4.95. The van der Waals surface area contributed by atoms with Crippen molar-refractivity contribution in [2.45, 2.75) is 13.3 Å². The molecule has 4 aromatic rings. The fourth-order valence-electron chi connectivity index (χ4n) is 4.16. The summed E-state index contributed by atoms with van der Waals surface area (Å²) in [4.78, 5) is 16.6. The summed E-state index contributed by atoms with van der Waals surface area (Å²) in [5.41, 5.74) is 11.4. The SMILES string of the molecule is CCc1ccc(C2=Cc3cc4ccc(cc5nc(cc6ccc(cc2n3)[nH]6)C=C5)[nH]4)cc1. The van der Waals surface area contributed by atoms with Gasteiger partial charge in [-0.2, -0.15) is 0 Å². The summed E-state index contributed by atoms with van der Waals surface area (Å²) in [6.07, 6.45) is 7.26. The number of hydrogen-bond acceptors (Lipinski definition) is 2. The van der Waals surface area contributed by atoms with Gasteiger partial charge in [-0.05, 0) is 84.3 Å². The predicted octanol–water partition coefficient (Wildman–Crippen LogP) is 6.64. The van der Waals surface area contributed by atoms with Gasteiger partial charge < -0.3 is 9.97 Å². The van der Waals surface area contributed by atoms with E-state index in [9.17, 15) is 0 Å². The molecule has 2 N–H and O–H groups in total. The Morgan fingerprint density at radius 3 is 1.78 bits per heavy atom. The summed E-state index contributed by atoms with van der Waals surface area (Å²) in [6, 6.07) is 25.4. The van der Waals surface area contributed by atoms with Gasteiger partial charge in [0, 0.05) is 27.6 Å². The van der Waals surface area contributed by atoms with Crippen LogP contribution in [-0.4, -0.2) is 19.9 Å². The molecule has 3 aromatic heterocycles. The molecule has 2 aliphatic rings. The molecule has 2 aliphatic heterocycles. The maximum Gasteiger partial charge on any atom is 0.0736 e. The lowest BCUT2D eigenvalue weighted by molar-refractivity contribution is 1.14. The number of aromatic amines is 2. The zero-order valence-electron chi connectivity index (χ0n) is 17.8. The fraction of sp³-hybridized carbons (Fsp3) is 0.0714. The number of hydrogen-bond donors (Lipinski definition) is 2. The first-order valence-electron chi connectivity index (χ1n) is 10.9. The van der Waals surface area contributed by atoms with E-state index in [1.165, 1.54) is 11.1 Å². The van der Waals surface area contributed by atoms with Gasteiger partial charge in [0.2, 0.25) is 0 Å². The average Bonchev–Trinajstić information content (AvgIpc) is 3.59. The van der Waals surface area contributed by atoms with E-state index in [2.05, 4.69) is 95.8 Å². The standard InChI is InChI=1S/C28H22N4/c1-2-18-3-5-19(6-4-18)27-16-26-15-24-10-9-22(30-24)13-20-7-8-21(29-20)14-23-11-12-25(31-23)17-28(27)32-26/h3-17,30-31H,2H2,1H3. The van der Waals surface area contributed by atoms with E-state index in [1.807, 2.05) is 12.2 Å². The quantitative estimate of drug-likeness (QED) is 0.334. The van der Waals surface area contributed by atoms with Gasteiger partial charge >= 0.3 is 0 Å². The first-order chi connectivity index (χ1) is 15.7. The number of rotatable bonds is 2. The van der Waals surface area contributed by atoms with Crippen molar-refractivity contribution in [2.24, 2.45) is 0 Å². The topological polar surface area (TPSA) is 57.4 Å². The summed E-state index contributed by atoms with van der Waals surface area (Å²) in [5, 5.41) is 0.